The molecule has 1 N–H and O–H groups in total. The largest absolute Gasteiger partial charge is 0.344 e. The van der Waals surface area contributed by atoms with Gasteiger partial charge in [-0.2, -0.15) is 0 Å². The van der Waals surface area contributed by atoms with Gasteiger partial charge in [-0.25, -0.2) is 0 Å². The first-order chi connectivity index (χ1) is 11.2. The van der Waals surface area contributed by atoms with Gasteiger partial charge in [-0.1, -0.05) is 42.5 Å². The summed E-state index contributed by atoms with van der Waals surface area (Å²) in [6.07, 6.45) is 0. The maximum atomic E-state index is 11.9. The van der Waals surface area contributed by atoms with E-state index in [9.17, 15) is 4.79 Å². The Morgan fingerprint density at radius 3 is 2.43 bits per heavy atom. The van der Waals surface area contributed by atoms with E-state index in [-0.39, 0.29) is 5.56 Å². The zero-order valence-corrected chi connectivity index (χ0v) is 12.8. The Morgan fingerprint density at radius 1 is 1.00 bits per heavy atom. The van der Waals surface area contributed by atoms with E-state index >= 15 is 0 Å². The van der Waals surface area contributed by atoms with Gasteiger partial charge >= 0.3 is 0 Å². The van der Waals surface area contributed by atoms with E-state index in [1.807, 2.05) is 55.5 Å². The highest BCUT2D eigenvalue weighted by atomic mass is 16.7. The van der Waals surface area contributed by atoms with E-state index in [4.69, 9.17) is 9.47 Å². The van der Waals surface area contributed by atoms with Gasteiger partial charge in [0.05, 0.1) is 13.2 Å². The van der Waals surface area contributed by atoms with E-state index in [2.05, 4.69) is 4.98 Å². The number of hydrogen-bond acceptors (Lipinski definition) is 3. The molecule has 1 aliphatic rings. The summed E-state index contributed by atoms with van der Waals surface area (Å²) in [5, 5.41) is 1.03. The highest BCUT2D eigenvalue weighted by molar-refractivity contribution is 5.94. The van der Waals surface area contributed by atoms with Crippen LogP contribution in [0.5, 0.6) is 0 Å². The minimum Gasteiger partial charge on any atom is -0.344 e. The minimum absolute atomic E-state index is 0.0998. The molecule has 0 saturated carbocycles. The van der Waals surface area contributed by atoms with Crippen molar-refractivity contribution >= 4 is 10.9 Å². The number of pyridine rings is 1. The fourth-order valence-corrected chi connectivity index (χ4v) is 3.08. The van der Waals surface area contributed by atoms with Gasteiger partial charge in [0, 0.05) is 22.5 Å². The van der Waals surface area contributed by atoms with Crippen molar-refractivity contribution in [2.75, 3.05) is 13.2 Å². The summed E-state index contributed by atoms with van der Waals surface area (Å²) in [6, 6.07) is 17.5. The number of aromatic amines is 1. The third-order valence-electron chi connectivity index (χ3n) is 4.31. The van der Waals surface area contributed by atoms with Crippen LogP contribution in [0.25, 0.3) is 22.0 Å². The summed E-state index contributed by atoms with van der Waals surface area (Å²) >= 11 is 0. The maximum Gasteiger partial charge on any atom is 0.249 e. The summed E-state index contributed by atoms with van der Waals surface area (Å²) in [5.41, 5.74) is 3.64. The fraction of sp³-hybridized carbons (Fsp3) is 0.211. The van der Waals surface area contributed by atoms with Gasteiger partial charge < -0.3 is 14.5 Å². The van der Waals surface area contributed by atoms with Gasteiger partial charge in [0.2, 0.25) is 5.56 Å². The third kappa shape index (κ3) is 2.46. The Labute approximate surface area is 133 Å². The number of para-hydroxylation sites is 1. The molecule has 4 heteroatoms. The first-order valence-corrected chi connectivity index (χ1v) is 7.67. The number of H-pyrrole nitrogens is 1. The van der Waals surface area contributed by atoms with E-state index in [1.165, 1.54) is 0 Å². The molecule has 4 rings (SSSR count). The quantitative estimate of drug-likeness (QED) is 0.789. The van der Waals surface area contributed by atoms with E-state index in [0.717, 1.165) is 27.6 Å². The number of nitrogens with one attached hydrogen (secondary N) is 1. The first-order valence-electron chi connectivity index (χ1n) is 7.67. The van der Waals surface area contributed by atoms with Gasteiger partial charge in [-0.05, 0) is 24.1 Å². The lowest BCUT2D eigenvalue weighted by atomic mass is 9.98. The van der Waals surface area contributed by atoms with Gasteiger partial charge in [-0.15, -0.1) is 0 Å². The number of ether oxygens (including phenoxy) is 2. The Kier molecular flexibility index (Phi) is 3.29. The van der Waals surface area contributed by atoms with Crippen LogP contribution >= 0.6 is 0 Å². The molecule has 1 aliphatic heterocycles. The lowest BCUT2D eigenvalue weighted by Gasteiger charge is -2.22. The summed E-state index contributed by atoms with van der Waals surface area (Å²) in [4.78, 5) is 14.8. The van der Waals surface area contributed by atoms with Crippen molar-refractivity contribution < 1.29 is 9.47 Å². The molecule has 0 spiro atoms. The second-order valence-corrected chi connectivity index (χ2v) is 5.81. The average molecular weight is 307 g/mol. The molecular weight excluding hydrogens is 290 g/mol. The lowest BCUT2D eigenvalue weighted by Crippen LogP contribution is -2.22. The Morgan fingerprint density at radius 2 is 1.70 bits per heavy atom. The summed E-state index contributed by atoms with van der Waals surface area (Å²) < 4.78 is 11.4. The van der Waals surface area contributed by atoms with Crippen molar-refractivity contribution in [3.05, 3.63) is 70.5 Å². The number of benzene rings is 2. The van der Waals surface area contributed by atoms with Crippen molar-refractivity contribution in [2.45, 2.75) is 12.7 Å². The molecule has 2 aromatic carbocycles. The molecule has 2 heterocycles. The highest BCUT2D eigenvalue weighted by Crippen LogP contribution is 2.33. The van der Waals surface area contributed by atoms with Crippen molar-refractivity contribution in [2.24, 2.45) is 0 Å². The standard InChI is InChI=1S/C19H17NO3/c1-19(22-10-11-23-19)14-8-6-13(7-9-14)16-12-18(21)20-17-5-3-2-4-15(16)17/h2-9,12H,10-11H2,1H3,(H,20,21). The molecular formula is C19H17NO3. The zero-order valence-electron chi connectivity index (χ0n) is 12.8. The Bertz CT molecular complexity index is 906. The van der Waals surface area contributed by atoms with Gasteiger partial charge in [-0.3, -0.25) is 4.79 Å². The van der Waals surface area contributed by atoms with Crippen molar-refractivity contribution in [3.8, 4) is 11.1 Å². The molecule has 4 nitrogen and oxygen atoms in total. The van der Waals surface area contributed by atoms with Crippen molar-refractivity contribution in [3.63, 3.8) is 0 Å². The van der Waals surface area contributed by atoms with Crippen LogP contribution in [-0.4, -0.2) is 18.2 Å². The number of aromatic nitrogens is 1. The number of rotatable bonds is 2. The third-order valence-corrected chi connectivity index (χ3v) is 4.31. The van der Waals surface area contributed by atoms with Crippen molar-refractivity contribution in [1.29, 1.82) is 0 Å². The van der Waals surface area contributed by atoms with Gasteiger partial charge in [0.15, 0.2) is 5.79 Å². The van der Waals surface area contributed by atoms with Gasteiger partial charge in [0.1, 0.15) is 0 Å². The molecule has 23 heavy (non-hydrogen) atoms. The first kappa shape index (κ1) is 14.2. The Balaban J connectivity index is 1.81. The summed E-state index contributed by atoms with van der Waals surface area (Å²) in [7, 11) is 0. The molecule has 1 fully saturated rings. The second kappa shape index (κ2) is 5.33. The van der Waals surface area contributed by atoms with Crippen LogP contribution in [0.1, 0.15) is 12.5 Å². The summed E-state index contributed by atoms with van der Waals surface area (Å²) in [6.45, 7) is 3.14. The molecule has 0 unspecified atom stereocenters. The second-order valence-electron chi connectivity index (χ2n) is 5.81. The molecule has 0 radical (unpaired) electrons. The Hall–Kier alpha value is -2.43. The van der Waals surface area contributed by atoms with Crippen LogP contribution in [-0.2, 0) is 15.3 Å². The number of fused-ring (bicyclic) bond motifs is 1. The monoisotopic (exact) mass is 307 g/mol. The SMILES string of the molecule is CC1(c2ccc(-c3cc(=O)[nH]c4ccccc34)cc2)OCCO1. The maximum absolute atomic E-state index is 11.9. The molecule has 1 aromatic heterocycles. The molecule has 3 aromatic rings. The molecule has 0 atom stereocenters. The van der Waals surface area contributed by atoms with E-state index in [1.54, 1.807) is 6.07 Å². The minimum atomic E-state index is -0.672. The lowest BCUT2D eigenvalue weighted by molar-refractivity contribution is -0.149. The molecule has 0 amide bonds. The smallest absolute Gasteiger partial charge is 0.249 e. The van der Waals surface area contributed by atoms with Crippen LogP contribution in [0.15, 0.2) is 59.4 Å². The van der Waals surface area contributed by atoms with E-state index < -0.39 is 5.79 Å². The zero-order chi connectivity index (χ0) is 15.9. The predicted octanol–water partition coefficient (Wildman–Crippen LogP) is 3.41. The number of hydrogen-bond donors (Lipinski definition) is 1. The summed E-state index contributed by atoms with van der Waals surface area (Å²) in [5.74, 6) is -0.672. The highest BCUT2D eigenvalue weighted by Gasteiger charge is 2.32. The van der Waals surface area contributed by atoms with Crippen LogP contribution in [0, 0.1) is 0 Å². The van der Waals surface area contributed by atoms with Crippen LogP contribution in [0.3, 0.4) is 0 Å². The van der Waals surface area contributed by atoms with Gasteiger partial charge in [0.25, 0.3) is 0 Å². The topological polar surface area (TPSA) is 51.3 Å². The fourth-order valence-electron chi connectivity index (χ4n) is 3.08. The van der Waals surface area contributed by atoms with Crippen LogP contribution < -0.4 is 5.56 Å². The molecule has 1 saturated heterocycles. The van der Waals surface area contributed by atoms with Crippen molar-refractivity contribution in [1.82, 2.24) is 4.98 Å². The average Bonchev–Trinajstić information content (AvgIpc) is 3.02. The van der Waals surface area contributed by atoms with Crippen LogP contribution in [0.4, 0.5) is 0 Å². The van der Waals surface area contributed by atoms with Crippen LogP contribution in [0.2, 0.25) is 0 Å². The predicted molar refractivity (Wildman–Crippen MR) is 89.3 cm³/mol. The normalized spacial score (nSPS) is 16.7. The molecule has 0 bridgehead atoms. The van der Waals surface area contributed by atoms with E-state index in [0.29, 0.717) is 13.2 Å². The molecule has 0 aliphatic carbocycles. The molecule has 116 valence electrons.